The van der Waals surface area contributed by atoms with E-state index in [0.717, 1.165) is 31.4 Å². The highest BCUT2D eigenvalue weighted by molar-refractivity contribution is 9.10. The Morgan fingerprint density at radius 1 is 1.33 bits per heavy atom. The lowest BCUT2D eigenvalue weighted by Crippen LogP contribution is -2.54. The lowest BCUT2D eigenvalue weighted by molar-refractivity contribution is 0.0535. The summed E-state index contributed by atoms with van der Waals surface area (Å²) in [7, 11) is 0. The monoisotopic (exact) mass is 350 g/mol. The van der Waals surface area contributed by atoms with Gasteiger partial charge in [0.2, 0.25) is 0 Å². The van der Waals surface area contributed by atoms with Gasteiger partial charge in [-0.3, -0.25) is 9.80 Å². The van der Waals surface area contributed by atoms with Crippen LogP contribution >= 0.6 is 15.9 Å². The molecule has 2 saturated heterocycles. The van der Waals surface area contributed by atoms with Crippen molar-refractivity contribution in [1.29, 1.82) is 0 Å². The smallest absolute Gasteiger partial charge is 0.127 e. The van der Waals surface area contributed by atoms with Gasteiger partial charge < -0.3 is 4.74 Å². The second-order valence-electron chi connectivity index (χ2n) is 6.72. The molecule has 114 valence electrons. The molecule has 0 amide bonds. The minimum Gasteiger partial charge on any atom is -0.493 e. The van der Waals surface area contributed by atoms with Gasteiger partial charge in [0.1, 0.15) is 5.75 Å². The average molecular weight is 351 g/mol. The molecule has 1 aromatic carbocycles. The summed E-state index contributed by atoms with van der Waals surface area (Å²) in [5, 5.41) is 0. The summed E-state index contributed by atoms with van der Waals surface area (Å²) in [6.07, 6.45) is 3.80. The zero-order chi connectivity index (χ0) is 14.4. The van der Waals surface area contributed by atoms with Crippen molar-refractivity contribution in [1.82, 2.24) is 9.80 Å². The topological polar surface area (TPSA) is 15.7 Å². The number of nitrogens with zero attached hydrogens (tertiary/aromatic N) is 2. The van der Waals surface area contributed by atoms with Gasteiger partial charge in [0.15, 0.2) is 0 Å². The van der Waals surface area contributed by atoms with E-state index >= 15 is 0 Å². The van der Waals surface area contributed by atoms with E-state index in [2.05, 4.69) is 44.8 Å². The van der Waals surface area contributed by atoms with E-state index in [0.29, 0.717) is 6.04 Å². The molecule has 3 heterocycles. The number of benzene rings is 1. The Morgan fingerprint density at radius 2 is 2.24 bits per heavy atom. The van der Waals surface area contributed by atoms with Gasteiger partial charge in [-0.15, -0.1) is 0 Å². The maximum absolute atomic E-state index is 5.89. The SMILES string of the molecule is CC1CN2CCCC2CN1Cc1cc(Br)cc2c1OCC2. The summed E-state index contributed by atoms with van der Waals surface area (Å²) >= 11 is 3.66. The van der Waals surface area contributed by atoms with Crippen molar-refractivity contribution in [3.8, 4) is 5.75 Å². The highest BCUT2D eigenvalue weighted by Crippen LogP contribution is 2.35. The predicted octanol–water partition coefficient (Wildman–Crippen LogP) is 3.05. The fraction of sp³-hybridized carbons (Fsp3) is 0.647. The lowest BCUT2D eigenvalue weighted by Gasteiger charge is -2.42. The van der Waals surface area contributed by atoms with Crippen LogP contribution in [0.4, 0.5) is 0 Å². The van der Waals surface area contributed by atoms with Crippen LogP contribution in [0.5, 0.6) is 5.75 Å². The Labute approximate surface area is 135 Å². The van der Waals surface area contributed by atoms with Crippen LogP contribution < -0.4 is 4.74 Å². The fourth-order valence-corrected chi connectivity index (χ4v) is 4.70. The van der Waals surface area contributed by atoms with Crippen LogP contribution in [0.15, 0.2) is 16.6 Å². The van der Waals surface area contributed by atoms with Crippen molar-refractivity contribution in [2.45, 2.75) is 44.8 Å². The number of hydrogen-bond donors (Lipinski definition) is 0. The molecule has 2 atom stereocenters. The summed E-state index contributed by atoms with van der Waals surface area (Å²) in [6.45, 7) is 7.97. The van der Waals surface area contributed by atoms with E-state index in [1.165, 1.54) is 48.1 Å². The molecule has 1 aromatic rings. The molecule has 0 aromatic heterocycles. The zero-order valence-corrected chi connectivity index (χ0v) is 14.2. The molecular weight excluding hydrogens is 328 g/mol. The molecule has 0 spiro atoms. The van der Waals surface area contributed by atoms with Crippen molar-refractivity contribution in [2.24, 2.45) is 0 Å². The fourth-order valence-electron chi connectivity index (χ4n) is 4.15. The van der Waals surface area contributed by atoms with Crippen LogP contribution in [0.1, 0.15) is 30.9 Å². The van der Waals surface area contributed by atoms with Crippen molar-refractivity contribution >= 4 is 15.9 Å². The van der Waals surface area contributed by atoms with Crippen molar-refractivity contribution in [3.05, 3.63) is 27.7 Å². The van der Waals surface area contributed by atoms with E-state index in [9.17, 15) is 0 Å². The Kier molecular flexibility index (Phi) is 3.72. The molecule has 0 N–H and O–H groups in total. The first-order valence-electron chi connectivity index (χ1n) is 8.13. The molecule has 3 aliphatic rings. The first kappa shape index (κ1) is 14.0. The van der Waals surface area contributed by atoms with Crippen molar-refractivity contribution < 1.29 is 4.74 Å². The van der Waals surface area contributed by atoms with Gasteiger partial charge in [-0.25, -0.2) is 0 Å². The third-order valence-electron chi connectivity index (χ3n) is 5.27. The summed E-state index contributed by atoms with van der Waals surface area (Å²) in [4.78, 5) is 5.33. The van der Waals surface area contributed by atoms with Gasteiger partial charge >= 0.3 is 0 Å². The quantitative estimate of drug-likeness (QED) is 0.815. The van der Waals surface area contributed by atoms with Crippen LogP contribution in [0.3, 0.4) is 0 Å². The molecule has 3 nitrogen and oxygen atoms in total. The first-order valence-corrected chi connectivity index (χ1v) is 8.92. The van der Waals surface area contributed by atoms with Crippen LogP contribution in [0.25, 0.3) is 0 Å². The van der Waals surface area contributed by atoms with E-state index in [-0.39, 0.29) is 0 Å². The average Bonchev–Trinajstić information content (AvgIpc) is 3.07. The molecule has 4 rings (SSSR count). The van der Waals surface area contributed by atoms with E-state index in [1.807, 2.05) is 0 Å². The number of piperazine rings is 1. The molecular formula is C17H23BrN2O. The Balaban J connectivity index is 1.56. The lowest BCUT2D eigenvalue weighted by atomic mass is 10.0. The molecule has 4 heteroatoms. The standard InChI is InChI=1S/C17H23BrN2O/c1-12-9-19-5-2-3-16(19)11-20(12)10-14-8-15(18)7-13-4-6-21-17(13)14/h7-8,12,16H,2-6,9-11H2,1H3. The van der Waals surface area contributed by atoms with Gasteiger partial charge in [-0.1, -0.05) is 15.9 Å². The van der Waals surface area contributed by atoms with E-state index in [4.69, 9.17) is 4.74 Å². The molecule has 2 unspecified atom stereocenters. The molecule has 3 aliphatic heterocycles. The third kappa shape index (κ3) is 2.62. The third-order valence-corrected chi connectivity index (χ3v) is 5.72. The van der Waals surface area contributed by atoms with Crippen molar-refractivity contribution in [3.63, 3.8) is 0 Å². The number of rotatable bonds is 2. The minimum absolute atomic E-state index is 0.635. The minimum atomic E-state index is 0.635. The molecule has 0 bridgehead atoms. The van der Waals surface area contributed by atoms with Crippen LogP contribution in [-0.4, -0.2) is 48.1 Å². The second-order valence-corrected chi connectivity index (χ2v) is 7.64. The maximum Gasteiger partial charge on any atom is 0.127 e. The van der Waals surface area contributed by atoms with Crippen LogP contribution in [0, 0.1) is 0 Å². The van der Waals surface area contributed by atoms with Gasteiger partial charge in [0.25, 0.3) is 0 Å². The zero-order valence-electron chi connectivity index (χ0n) is 12.6. The van der Waals surface area contributed by atoms with Gasteiger partial charge in [-0.2, -0.15) is 0 Å². The summed E-state index contributed by atoms with van der Waals surface area (Å²) < 4.78 is 7.08. The predicted molar refractivity (Wildman–Crippen MR) is 87.8 cm³/mol. The van der Waals surface area contributed by atoms with Gasteiger partial charge in [-0.05, 0) is 44.0 Å². The molecule has 21 heavy (non-hydrogen) atoms. The summed E-state index contributed by atoms with van der Waals surface area (Å²) in [6, 6.07) is 5.87. The molecule has 0 saturated carbocycles. The number of halogens is 1. The number of ether oxygens (including phenoxy) is 1. The summed E-state index contributed by atoms with van der Waals surface area (Å²) in [5.74, 6) is 1.15. The largest absolute Gasteiger partial charge is 0.493 e. The van der Waals surface area contributed by atoms with Gasteiger partial charge in [0.05, 0.1) is 6.61 Å². The highest BCUT2D eigenvalue weighted by Gasteiger charge is 2.34. The highest BCUT2D eigenvalue weighted by atomic mass is 79.9. The van der Waals surface area contributed by atoms with Crippen molar-refractivity contribution in [2.75, 3.05) is 26.2 Å². The second kappa shape index (κ2) is 5.56. The normalized spacial score (nSPS) is 29.2. The number of hydrogen-bond acceptors (Lipinski definition) is 3. The molecule has 0 aliphatic carbocycles. The molecule has 2 fully saturated rings. The van der Waals surface area contributed by atoms with Crippen LogP contribution in [-0.2, 0) is 13.0 Å². The van der Waals surface area contributed by atoms with E-state index in [1.54, 1.807) is 0 Å². The number of fused-ring (bicyclic) bond motifs is 2. The first-order chi connectivity index (χ1) is 10.2. The Bertz CT molecular complexity index is 548. The maximum atomic E-state index is 5.89. The molecule has 0 radical (unpaired) electrons. The Hall–Kier alpha value is -0.580. The van der Waals surface area contributed by atoms with E-state index < -0.39 is 0 Å². The Morgan fingerprint density at radius 3 is 3.14 bits per heavy atom. The van der Waals surface area contributed by atoms with Crippen LogP contribution in [0.2, 0.25) is 0 Å². The van der Waals surface area contributed by atoms with Gasteiger partial charge in [0, 0.05) is 48.2 Å². The summed E-state index contributed by atoms with van der Waals surface area (Å²) in [5.41, 5.74) is 2.72.